The lowest BCUT2D eigenvalue weighted by molar-refractivity contribution is -0.122. The number of pyridine rings is 1. The molecule has 1 aromatic carbocycles. The second kappa shape index (κ2) is 10.8. The van der Waals surface area contributed by atoms with Crippen LogP contribution >= 0.6 is 11.3 Å². The monoisotopic (exact) mass is 446 g/mol. The molecule has 0 aliphatic rings. The van der Waals surface area contributed by atoms with E-state index in [1.807, 2.05) is 35.7 Å². The first kappa shape index (κ1) is 22.7. The average Bonchev–Trinajstić information content (AvgIpc) is 3.25. The molecule has 0 saturated carbocycles. The van der Waals surface area contributed by atoms with Gasteiger partial charge in [0.1, 0.15) is 12.6 Å². The third kappa shape index (κ3) is 6.00. The zero-order valence-corrected chi connectivity index (χ0v) is 18.3. The van der Waals surface area contributed by atoms with E-state index in [1.54, 1.807) is 31.5 Å². The highest BCUT2D eigenvalue weighted by molar-refractivity contribution is 7.14. The number of aromatic nitrogens is 2. The lowest BCUT2D eigenvalue weighted by Crippen LogP contribution is -2.47. The first-order valence-electron chi connectivity index (χ1n) is 9.80. The van der Waals surface area contributed by atoms with Crippen LogP contribution in [0.25, 0.3) is 11.3 Å². The number of rotatable bonds is 9. The van der Waals surface area contributed by atoms with E-state index >= 15 is 0 Å². The number of nitrogens with zero attached hydrogens (tertiary/aromatic N) is 3. The van der Waals surface area contributed by atoms with Crippen LogP contribution in [0, 0.1) is 11.3 Å². The Hall–Kier alpha value is -4.03. The van der Waals surface area contributed by atoms with Crippen molar-refractivity contribution in [2.75, 3.05) is 11.9 Å². The SMILES string of the molecule is C=C(C)C[C@H](NC(=O)c1ccccc1-c1csc(Nc2ccncc2)n1)C(=O)NCC#N. The highest BCUT2D eigenvalue weighted by atomic mass is 32.1. The van der Waals surface area contributed by atoms with E-state index in [2.05, 4.69) is 32.5 Å². The normalized spacial score (nSPS) is 11.1. The molecule has 32 heavy (non-hydrogen) atoms. The number of anilines is 2. The molecule has 0 aliphatic carbocycles. The minimum atomic E-state index is -0.833. The van der Waals surface area contributed by atoms with Crippen LogP contribution in [-0.4, -0.2) is 34.4 Å². The number of nitrogens with one attached hydrogen (secondary N) is 3. The van der Waals surface area contributed by atoms with Crippen molar-refractivity contribution in [2.24, 2.45) is 0 Å². The highest BCUT2D eigenvalue weighted by Gasteiger charge is 2.23. The molecule has 0 fully saturated rings. The van der Waals surface area contributed by atoms with Crippen molar-refractivity contribution in [3.63, 3.8) is 0 Å². The van der Waals surface area contributed by atoms with Gasteiger partial charge in [-0.05, 0) is 31.5 Å². The second-order valence-electron chi connectivity index (χ2n) is 7.01. The summed E-state index contributed by atoms with van der Waals surface area (Å²) < 4.78 is 0. The maximum atomic E-state index is 13.1. The number of thiazole rings is 1. The van der Waals surface area contributed by atoms with Gasteiger partial charge in [0.05, 0.1) is 11.8 Å². The fourth-order valence-corrected chi connectivity index (χ4v) is 3.69. The minimum absolute atomic E-state index is 0.135. The van der Waals surface area contributed by atoms with Crippen LogP contribution in [0.5, 0.6) is 0 Å². The quantitative estimate of drug-likeness (QED) is 0.341. The molecular formula is C23H22N6O2S. The van der Waals surface area contributed by atoms with E-state index < -0.39 is 17.9 Å². The predicted molar refractivity (Wildman–Crippen MR) is 124 cm³/mol. The van der Waals surface area contributed by atoms with Crippen LogP contribution in [0.15, 0.2) is 66.3 Å². The number of carbonyl (C=O) groups is 2. The fourth-order valence-electron chi connectivity index (χ4n) is 2.96. The fraction of sp³-hybridized carbons (Fsp3) is 0.174. The molecule has 162 valence electrons. The number of benzene rings is 1. The summed E-state index contributed by atoms with van der Waals surface area (Å²) in [4.78, 5) is 34.1. The Bertz CT molecular complexity index is 1150. The maximum Gasteiger partial charge on any atom is 0.252 e. The van der Waals surface area contributed by atoms with Crippen molar-refractivity contribution in [1.29, 1.82) is 5.26 Å². The summed E-state index contributed by atoms with van der Waals surface area (Å²) in [6.45, 7) is 5.46. The van der Waals surface area contributed by atoms with E-state index in [1.165, 1.54) is 11.3 Å². The Morgan fingerprint density at radius 1 is 1.22 bits per heavy atom. The summed E-state index contributed by atoms with van der Waals surface area (Å²) in [6.07, 6.45) is 3.64. The molecule has 0 spiro atoms. The van der Waals surface area contributed by atoms with E-state index in [4.69, 9.17) is 5.26 Å². The second-order valence-corrected chi connectivity index (χ2v) is 7.87. The molecule has 1 atom stereocenters. The van der Waals surface area contributed by atoms with Gasteiger partial charge in [0.15, 0.2) is 5.13 Å². The van der Waals surface area contributed by atoms with E-state index in [-0.39, 0.29) is 13.0 Å². The van der Waals surface area contributed by atoms with Gasteiger partial charge in [-0.3, -0.25) is 14.6 Å². The first-order valence-corrected chi connectivity index (χ1v) is 10.7. The van der Waals surface area contributed by atoms with Crippen LogP contribution in [0.2, 0.25) is 0 Å². The maximum absolute atomic E-state index is 13.1. The zero-order valence-electron chi connectivity index (χ0n) is 17.5. The summed E-state index contributed by atoms with van der Waals surface area (Å²) in [5.41, 5.74) is 3.28. The minimum Gasteiger partial charge on any atom is -0.341 e. The lowest BCUT2D eigenvalue weighted by atomic mass is 10.0. The van der Waals surface area contributed by atoms with Gasteiger partial charge in [-0.25, -0.2) is 4.98 Å². The van der Waals surface area contributed by atoms with Crippen LogP contribution in [0.4, 0.5) is 10.8 Å². The molecule has 3 rings (SSSR count). The Balaban J connectivity index is 1.81. The van der Waals surface area contributed by atoms with Crippen LogP contribution < -0.4 is 16.0 Å². The molecule has 8 nitrogen and oxygen atoms in total. The third-order valence-electron chi connectivity index (χ3n) is 4.40. The number of nitriles is 1. The standard InChI is InChI=1S/C23H22N6O2S/c1-15(2)13-19(22(31)26-12-9-24)28-21(30)18-6-4-3-5-17(18)20-14-32-23(29-20)27-16-7-10-25-11-8-16/h3-8,10-11,14,19H,1,12-13H2,2H3,(H,26,31)(H,28,30)(H,25,27,29)/t19-/m0/s1. The molecule has 9 heteroatoms. The van der Waals surface area contributed by atoms with Crippen LogP contribution in [0.1, 0.15) is 23.7 Å². The smallest absolute Gasteiger partial charge is 0.252 e. The zero-order chi connectivity index (χ0) is 22.9. The molecular weight excluding hydrogens is 424 g/mol. The number of hydrogen-bond donors (Lipinski definition) is 3. The first-order chi connectivity index (χ1) is 15.5. The molecule has 0 bridgehead atoms. The molecule has 0 unspecified atom stereocenters. The van der Waals surface area contributed by atoms with Crippen molar-refractivity contribution in [1.82, 2.24) is 20.6 Å². The van der Waals surface area contributed by atoms with Gasteiger partial charge in [0, 0.05) is 34.6 Å². The summed E-state index contributed by atoms with van der Waals surface area (Å²) in [6, 6.07) is 11.8. The van der Waals surface area contributed by atoms with Gasteiger partial charge in [0.2, 0.25) is 5.91 Å². The van der Waals surface area contributed by atoms with Gasteiger partial charge in [-0.2, -0.15) is 5.26 Å². The van der Waals surface area contributed by atoms with E-state index in [0.717, 1.165) is 11.3 Å². The third-order valence-corrected chi connectivity index (χ3v) is 5.16. The topological polar surface area (TPSA) is 120 Å². The summed E-state index contributed by atoms with van der Waals surface area (Å²) in [5.74, 6) is -0.839. The average molecular weight is 447 g/mol. The Kier molecular flexibility index (Phi) is 7.67. The number of carbonyl (C=O) groups excluding carboxylic acids is 2. The lowest BCUT2D eigenvalue weighted by Gasteiger charge is -2.18. The molecule has 3 N–H and O–H groups in total. The summed E-state index contributed by atoms with van der Waals surface area (Å²) in [7, 11) is 0. The molecule has 2 heterocycles. The Morgan fingerprint density at radius 2 is 1.97 bits per heavy atom. The molecule has 2 aromatic heterocycles. The Morgan fingerprint density at radius 3 is 2.69 bits per heavy atom. The van der Waals surface area contributed by atoms with Crippen molar-refractivity contribution >= 4 is 34.0 Å². The molecule has 0 aliphatic heterocycles. The van der Waals surface area contributed by atoms with Gasteiger partial charge < -0.3 is 16.0 Å². The summed E-state index contributed by atoms with van der Waals surface area (Å²) in [5, 5.41) is 19.7. The molecule has 0 radical (unpaired) electrons. The van der Waals surface area contributed by atoms with Crippen molar-refractivity contribution in [2.45, 2.75) is 19.4 Å². The van der Waals surface area contributed by atoms with Crippen LogP contribution in [0.3, 0.4) is 0 Å². The van der Waals surface area contributed by atoms with Gasteiger partial charge in [-0.15, -0.1) is 17.9 Å². The van der Waals surface area contributed by atoms with Crippen molar-refractivity contribution < 1.29 is 9.59 Å². The van der Waals surface area contributed by atoms with Gasteiger partial charge >= 0.3 is 0 Å². The number of hydrogen-bond acceptors (Lipinski definition) is 7. The van der Waals surface area contributed by atoms with E-state index in [9.17, 15) is 9.59 Å². The largest absolute Gasteiger partial charge is 0.341 e. The van der Waals surface area contributed by atoms with Crippen molar-refractivity contribution in [3.05, 3.63) is 71.9 Å². The molecule has 0 saturated heterocycles. The predicted octanol–water partition coefficient (Wildman–Crippen LogP) is 3.65. The van der Waals surface area contributed by atoms with E-state index in [0.29, 0.717) is 22.0 Å². The van der Waals surface area contributed by atoms with Crippen LogP contribution in [-0.2, 0) is 4.79 Å². The van der Waals surface area contributed by atoms with Crippen molar-refractivity contribution in [3.8, 4) is 17.3 Å². The number of amides is 2. The van der Waals surface area contributed by atoms with Gasteiger partial charge in [-0.1, -0.05) is 23.8 Å². The Labute approximate surface area is 190 Å². The summed E-state index contributed by atoms with van der Waals surface area (Å²) >= 11 is 1.42. The van der Waals surface area contributed by atoms with Gasteiger partial charge in [0.25, 0.3) is 5.91 Å². The molecule has 2 amide bonds. The molecule has 3 aromatic rings. The highest BCUT2D eigenvalue weighted by Crippen LogP contribution is 2.29.